The van der Waals surface area contributed by atoms with Gasteiger partial charge < -0.3 is 14.7 Å². The molecule has 1 heterocycles. The Morgan fingerprint density at radius 1 is 1.29 bits per heavy atom. The molecule has 1 amide bonds. The molecule has 0 atom stereocenters. The molecule has 0 aromatic heterocycles. The van der Waals surface area contributed by atoms with Crippen molar-refractivity contribution in [2.75, 3.05) is 19.7 Å². The lowest BCUT2D eigenvalue weighted by atomic mass is 9.96. The zero-order chi connectivity index (χ0) is 14.9. The van der Waals surface area contributed by atoms with Crippen molar-refractivity contribution in [3.8, 4) is 0 Å². The second kappa shape index (κ2) is 8.47. The van der Waals surface area contributed by atoms with Crippen LogP contribution in [0.5, 0.6) is 0 Å². The van der Waals surface area contributed by atoms with E-state index < -0.39 is 0 Å². The van der Waals surface area contributed by atoms with Gasteiger partial charge in [-0.25, -0.2) is 4.79 Å². The van der Waals surface area contributed by atoms with Gasteiger partial charge in [0.15, 0.2) is 0 Å². The largest absolute Gasteiger partial charge is 0.445 e. The molecular weight excluding hydrogens is 266 g/mol. The highest BCUT2D eigenvalue weighted by Gasteiger charge is 2.22. The number of nitrogens with zero attached hydrogens (tertiary/aromatic N) is 1. The van der Waals surface area contributed by atoms with Gasteiger partial charge >= 0.3 is 6.09 Å². The average Bonchev–Trinajstić information content (AvgIpc) is 2.54. The number of allylic oxidation sites excluding steroid dienone is 1. The van der Waals surface area contributed by atoms with Gasteiger partial charge in [-0.3, -0.25) is 0 Å². The molecule has 114 valence electrons. The average molecular weight is 289 g/mol. The Morgan fingerprint density at radius 2 is 2.00 bits per heavy atom. The van der Waals surface area contributed by atoms with E-state index in [2.05, 4.69) is 6.08 Å². The van der Waals surface area contributed by atoms with Crippen LogP contribution in [0.25, 0.3) is 0 Å². The van der Waals surface area contributed by atoms with Crippen LogP contribution in [0, 0.1) is 5.92 Å². The van der Waals surface area contributed by atoms with Crippen LogP contribution < -0.4 is 0 Å². The van der Waals surface area contributed by atoms with E-state index >= 15 is 0 Å². The van der Waals surface area contributed by atoms with Crippen molar-refractivity contribution in [3.05, 3.63) is 48.0 Å². The van der Waals surface area contributed by atoms with Crippen molar-refractivity contribution >= 4 is 6.09 Å². The van der Waals surface area contributed by atoms with Crippen LogP contribution in [-0.4, -0.2) is 35.8 Å². The summed E-state index contributed by atoms with van der Waals surface area (Å²) in [5, 5.41) is 8.74. The Morgan fingerprint density at radius 3 is 2.67 bits per heavy atom. The minimum Gasteiger partial charge on any atom is -0.445 e. The molecule has 0 aliphatic carbocycles. The summed E-state index contributed by atoms with van der Waals surface area (Å²) in [5.41, 5.74) is 1.01. The fourth-order valence-electron chi connectivity index (χ4n) is 2.45. The molecule has 1 N–H and O–H groups in total. The number of amides is 1. The summed E-state index contributed by atoms with van der Waals surface area (Å²) in [7, 11) is 0. The fourth-order valence-corrected chi connectivity index (χ4v) is 2.45. The van der Waals surface area contributed by atoms with Crippen LogP contribution in [0.2, 0.25) is 0 Å². The summed E-state index contributed by atoms with van der Waals surface area (Å²) in [5.74, 6) is 0.509. The normalized spacial score (nSPS) is 16.3. The third kappa shape index (κ3) is 5.23. The topological polar surface area (TPSA) is 49.8 Å². The standard InChI is InChI=1S/C17H23NO3/c19-13-5-4-6-15-9-11-18(12-10-15)17(20)21-14-16-7-2-1-3-8-16/h1-4,6-8,15,19H,5,9-14H2. The van der Waals surface area contributed by atoms with Crippen molar-refractivity contribution in [1.29, 1.82) is 0 Å². The molecule has 1 saturated heterocycles. The number of piperidine rings is 1. The monoisotopic (exact) mass is 289 g/mol. The number of rotatable bonds is 5. The van der Waals surface area contributed by atoms with Gasteiger partial charge in [-0.05, 0) is 30.7 Å². The van der Waals surface area contributed by atoms with Crippen LogP contribution in [0.1, 0.15) is 24.8 Å². The number of ether oxygens (including phenoxy) is 1. The number of carbonyl (C=O) groups is 1. The number of hydrogen-bond donors (Lipinski definition) is 1. The molecule has 1 fully saturated rings. The minimum atomic E-state index is -0.225. The van der Waals surface area contributed by atoms with Gasteiger partial charge in [0.25, 0.3) is 0 Å². The minimum absolute atomic E-state index is 0.196. The third-order valence-electron chi connectivity index (χ3n) is 3.71. The fraction of sp³-hybridized carbons (Fsp3) is 0.471. The van der Waals surface area contributed by atoms with E-state index in [0.29, 0.717) is 18.9 Å². The van der Waals surface area contributed by atoms with Gasteiger partial charge in [0.1, 0.15) is 6.61 Å². The molecular formula is C17H23NO3. The predicted octanol–water partition coefficient (Wildman–Crippen LogP) is 2.97. The zero-order valence-electron chi connectivity index (χ0n) is 12.3. The lowest BCUT2D eigenvalue weighted by molar-refractivity contribution is 0.0854. The number of benzene rings is 1. The summed E-state index contributed by atoms with van der Waals surface area (Å²) >= 11 is 0. The molecule has 1 aliphatic rings. The van der Waals surface area contributed by atoms with Crippen LogP contribution in [0.3, 0.4) is 0 Å². The maximum absolute atomic E-state index is 12.0. The smallest absolute Gasteiger partial charge is 0.410 e. The predicted molar refractivity (Wildman–Crippen MR) is 81.8 cm³/mol. The Hall–Kier alpha value is -1.81. The lowest BCUT2D eigenvalue weighted by Gasteiger charge is -2.30. The van der Waals surface area contributed by atoms with Crippen molar-refractivity contribution in [3.63, 3.8) is 0 Å². The van der Waals surface area contributed by atoms with E-state index in [1.54, 1.807) is 4.90 Å². The first kappa shape index (κ1) is 15.6. The number of aliphatic hydroxyl groups excluding tert-OH is 1. The van der Waals surface area contributed by atoms with Crippen molar-refractivity contribution in [2.45, 2.75) is 25.9 Å². The summed E-state index contributed by atoms with van der Waals surface area (Å²) < 4.78 is 5.34. The van der Waals surface area contributed by atoms with Crippen molar-refractivity contribution in [2.24, 2.45) is 5.92 Å². The summed E-state index contributed by atoms with van der Waals surface area (Å²) in [6.07, 6.45) is 6.58. The summed E-state index contributed by atoms with van der Waals surface area (Å²) in [4.78, 5) is 13.8. The number of likely N-dealkylation sites (tertiary alicyclic amines) is 1. The number of carbonyl (C=O) groups excluding carboxylic acids is 1. The Bertz CT molecular complexity index is 450. The van der Waals surface area contributed by atoms with Gasteiger partial charge in [-0.2, -0.15) is 0 Å². The Kier molecular flexibility index (Phi) is 6.28. The summed E-state index contributed by atoms with van der Waals surface area (Å²) in [6.45, 7) is 2.00. The van der Waals surface area contributed by atoms with Gasteiger partial charge in [0.2, 0.25) is 0 Å². The molecule has 1 aromatic carbocycles. The molecule has 21 heavy (non-hydrogen) atoms. The number of hydrogen-bond acceptors (Lipinski definition) is 3. The molecule has 4 heteroatoms. The van der Waals surface area contributed by atoms with Gasteiger partial charge in [0.05, 0.1) is 0 Å². The first-order valence-electron chi connectivity index (χ1n) is 7.52. The quantitative estimate of drug-likeness (QED) is 0.848. The Balaban J connectivity index is 1.70. The molecule has 1 aliphatic heterocycles. The molecule has 0 unspecified atom stereocenters. The van der Waals surface area contributed by atoms with E-state index in [4.69, 9.17) is 9.84 Å². The molecule has 0 saturated carbocycles. The van der Waals surface area contributed by atoms with E-state index in [1.807, 2.05) is 36.4 Å². The highest BCUT2D eigenvalue weighted by Crippen LogP contribution is 2.19. The lowest BCUT2D eigenvalue weighted by Crippen LogP contribution is -2.38. The van der Waals surface area contributed by atoms with Crippen LogP contribution in [0.15, 0.2) is 42.5 Å². The summed E-state index contributed by atoms with van der Waals surface area (Å²) in [6, 6.07) is 9.72. The molecule has 0 bridgehead atoms. The maximum atomic E-state index is 12.0. The zero-order valence-corrected chi connectivity index (χ0v) is 12.3. The van der Waals surface area contributed by atoms with Gasteiger partial charge in [-0.1, -0.05) is 42.5 Å². The van der Waals surface area contributed by atoms with Gasteiger partial charge in [-0.15, -0.1) is 0 Å². The van der Waals surface area contributed by atoms with Crippen molar-refractivity contribution < 1.29 is 14.6 Å². The second-order valence-corrected chi connectivity index (χ2v) is 5.31. The third-order valence-corrected chi connectivity index (χ3v) is 3.71. The molecule has 4 nitrogen and oxygen atoms in total. The molecule has 1 aromatic rings. The van der Waals surface area contributed by atoms with E-state index in [-0.39, 0.29) is 12.7 Å². The number of aliphatic hydroxyl groups is 1. The van der Waals surface area contributed by atoms with E-state index in [9.17, 15) is 4.79 Å². The Labute approximate surface area is 126 Å². The second-order valence-electron chi connectivity index (χ2n) is 5.31. The van der Waals surface area contributed by atoms with Gasteiger partial charge in [0, 0.05) is 19.7 Å². The van der Waals surface area contributed by atoms with Crippen LogP contribution in [-0.2, 0) is 11.3 Å². The molecule has 0 radical (unpaired) electrons. The SMILES string of the molecule is O=C(OCc1ccccc1)N1CCC(C=CCCO)CC1. The highest BCUT2D eigenvalue weighted by atomic mass is 16.6. The van der Waals surface area contributed by atoms with E-state index in [1.165, 1.54) is 0 Å². The van der Waals surface area contributed by atoms with Crippen LogP contribution >= 0.6 is 0 Å². The molecule has 2 rings (SSSR count). The highest BCUT2D eigenvalue weighted by molar-refractivity contribution is 5.67. The van der Waals surface area contributed by atoms with Crippen LogP contribution in [0.4, 0.5) is 4.79 Å². The first-order valence-corrected chi connectivity index (χ1v) is 7.52. The maximum Gasteiger partial charge on any atom is 0.410 e. The van der Waals surface area contributed by atoms with E-state index in [0.717, 1.165) is 31.5 Å². The van der Waals surface area contributed by atoms with Crippen molar-refractivity contribution in [1.82, 2.24) is 4.90 Å². The molecule has 0 spiro atoms. The first-order chi connectivity index (χ1) is 10.3.